The summed E-state index contributed by atoms with van der Waals surface area (Å²) in [6, 6.07) is 0. The molecular weight excluding hydrogens is 179 g/mol. The molecule has 2 radical (unpaired) electrons. The molecule has 0 bridgehead atoms. The molecule has 1 aliphatic carbocycles. The summed E-state index contributed by atoms with van der Waals surface area (Å²) < 4.78 is 15.4. The molecule has 0 heterocycles. The molecule has 1 atom stereocenters. The molecule has 1 rings (SSSR count). The van der Waals surface area contributed by atoms with Crippen LogP contribution in [-0.2, 0) is 14.2 Å². The van der Waals surface area contributed by atoms with Crippen LogP contribution in [0.2, 0.25) is 0 Å². The van der Waals surface area contributed by atoms with E-state index >= 15 is 0 Å². The van der Waals surface area contributed by atoms with Crippen molar-refractivity contribution < 1.29 is 14.2 Å². The molecule has 0 aromatic rings. The lowest BCUT2D eigenvalue weighted by atomic mass is 9.83. The summed E-state index contributed by atoms with van der Waals surface area (Å²) in [5.74, 6) is 0. The molecule has 0 saturated heterocycles. The van der Waals surface area contributed by atoms with Gasteiger partial charge in [-0.15, -0.1) is 0 Å². The molecule has 3 nitrogen and oxygen atoms in total. The van der Waals surface area contributed by atoms with E-state index in [1.807, 2.05) is 12.2 Å². The van der Waals surface area contributed by atoms with Gasteiger partial charge in [0.1, 0.15) is 7.85 Å². The van der Waals surface area contributed by atoms with Gasteiger partial charge >= 0.3 is 0 Å². The minimum atomic E-state index is -0.341. The van der Waals surface area contributed by atoms with Gasteiger partial charge in [-0.3, -0.25) is 0 Å². The van der Waals surface area contributed by atoms with Crippen LogP contribution in [0.4, 0.5) is 0 Å². The summed E-state index contributed by atoms with van der Waals surface area (Å²) >= 11 is 0. The lowest BCUT2D eigenvalue weighted by Crippen LogP contribution is -2.22. The van der Waals surface area contributed by atoms with Gasteiger partial charge in [0.25, 0.3) is 0 Å². The zero-order valence-corrected chi connectivity index (χ0v) is 8.82. The molecule has 0 aromatic heterocycles. The van der Waals surface area contributed by atoms with Crippen molar-refractivity contribution in [1.29, 1.82) is 0 Å². The minimum Gasteiger partial charge on any atom is -0.378 e. The second-order valence-corrected chi connectivity index (χ2v) is 3.11. The highest BCUT2D eigenvalue weighted by Crippen LogP contribution is 2.21. The van der Waals surface area contributed by atoms with E-state index in [1.54, 1.807) is 21.3 Å². The van der Waals surface area contributed by atoms with Crippen molar-refractivity contribution in [3.05, 3.63) is 23.2 Å². The predicted molar refractivity (Wildman–Crippen MR) is 55.1 cm³/mol. The van der Waals surface area contributed by atoms with Crippen LogP contribution >= 0.6 is 0 Å². The first-order valence-corrected chi connectivity index (χ1v) is 4.48. The average Bonchev–Trinajstić information content (AvgIpc) is 2.20. The molecule has 14 heavy (non-hydrogen) atoms. The number of methoxy groups -OCH3 is 3. The zero-order valence-electron chi connectivity index (χ0n) is 8.82. The maximum absolute atomic E-state index is 5.81. The smallest absolute Gasteiger partial charge is 0.182 e. The van der Waals surface area contributed by atoms with Crippen LogP contribution in [-0.4, -0.2) is 41.6 Å². The first-order valence-electron chi connectivity index (χ1n) is 4.48. The first-order chi connectivity index (χ1) is 6.72. The highest BCUT2D eigenvalue weighted by atomic mass is 16.7. The van der Waals surface area contributed by atoms with Crippen molar-refractivity contribution in [2.75, 3.05) is 21.3 Å². The van der Waals surface area contributed by atoms with E-state index in [0.717, 1.165) is 12.0 Å². The summed E-state index contributed by atoms with van der Waals surface area (Å²) in [6.45, 7) is 0. The predicted octanol–water partition coefficient (Wildman–Crippen LogP) is 1.00. The SMILES string of the molecule is [B]C1=CC(C(OC)OC)=CCC1OC. The Bertz CT molecular complexity index is 244. The van der Waals surface area contributed by atoms with E-state index in [0.29, 0.717) is 5.47 Å². The quantitative estimate of drug-likeness (QED) is 0.493. The standard InChI is InChI=1S/C10H15BO3/c1-12-9-5-4-7(6-8(9)11)10(13-2)14-3/h4,6,9-10H,5H2,1-3H3. The van der Waals surface area contributed by atoms with Gasteiger partial charge in [-0.05, 0) is 6.42 Å². The average molecular weight is 194 g/mol. The largest absolute Gasteiger partial charge is 0.378 e. The van der Waals surface area contributed by atoms with Crippen LogP contribution in [0.3, 0.4) is 0 Å². The molecule has 0 aromatic carbocycles. The molecule has 0 spiro atoms. The van der Waals surface area contributed by atoms with Crippen LogP contribution in [0.15, 0.2) is 23.2 Å². The summed E-state index contributed by atoms with van der Waals surface area (Å²) in [6.07, 6.45) is 4.26. The van der Waals surface area contributed by atoms with Crippen LogP contribution in [0, 0.1) is 0 Å². The third kappa shape index (κ3) is 2.47. The highest BCUT2D eigenvalue weighted by Gasteiger charge is 2.18. The van der Waals surface area contributed by atoms with Crippen LogP contribution in [0.1, 0.15) is 6.42 Å². The van der Waals surface area contributed by atoms with Crippen LogP contribution < -0.4 is 0 Å². The molecule has 0 N–H and O–H groups in total. The Labute approximate surface area is 86.1 Å². The summed E-state index contributed by atoms with van der Waals surface area (Å²) in [4.78, 5) is 0. The third-order valence-electron chi connectivity index (χ3n) is 2.26. The van der Waals surface area contributed by atoms with E-state index in [1.165, 1.54) is 0 Å². The van der Waals surface area contributed by atoms with Gasteiger partial charge in [-0.25, -0.2) is 0 Å². The molecule has 0 amide bonds. The van der Waals surface area contributed by atoms with Gasteiger partial charge < -0.3 is 14.2 Å². The Balaban J connectivity index is 2.71. The van der Waals surface area contributed by atoms with Crippen molar-refractivity contribution in [3.8, 4) is 0 Å². The Morgan fingerprint density at radius 3 is 2.43 bits per heavy atom. The minimum absolute atomic E-state index is 0.0203. The van der Waals surface area contributed by atoms with Crippen molar-refractivity contribution >= 4 is 7.85 Å². The van der Waals surface area contributed by atoms with Gasteiger partial charge in [0, 0.05) is 26.9 Å². The van der Waals surface area contributed by atoms with Gasteiger partial charge in [0.2, 0.25) is 0 Å². The lowest BCUT2D eigenvalue weighted by Gasteiger charge is -2.23. The zero-order chi connectivity index (χ0) is 10.6. The molecule has 0 aliphatic heterocycles. The van der Waals surface area contributed by atoms with E-state index in [4.69, 9.17) is 22.1 Å². The second-order valence-electron chi connectivity index (χ2n) is 3.11. The third-order valence-corrected chi connectivity index (χ3v) is 2.26. The van der Waals surface area contributed by atoms with Gasteiger partial charge in [-0.2, -0.15) is 0 Å². The second kappa shape index (κ2) is 5.34. The summed E-state index contributed by atoms with van der Waals surface area (Å²) in [5.41, 5.74) is 1.66. The Morgan fingerprint density at radius 2 is 2.00 bits per heavy atom. The monoisotopic (exact) mass is 194 g/mol. The fraction of sp³-hybridized carbons (Fsp3) is 0.600. The van der Waals surface area contributed by atoms with Gasteiger partial charge in [0.05, 0.1) is 6.10 Å². The fourth-order valence-electron chi connectivity index (χ4n) is 1.49. The molecule has 1 aliphatic rings. The van der Waals surface area contributed by atoms with E-state index in [2.05, 4.69) is 0 Å². The molecule has 4 heteroatoms. The number of rotatable bonds is 4. The van der Waals surface area contributed by atoms with Crippen LogP contribution in [0.25, 0.3) is 0 Å². The number of ether oxygens (including phenoxy) is 3. The van der Waals surface area contributed by atoms with Crippen molar-refractivity contribution in [2.45, 2.75) is 18.8 Å². The molecular formula is C10H15BO3. The van der Waals surface area contributed by atoms with Crippen LogP contribution in [0.5, 0.6) is 0 Å². The summed E-state index contributed by atoms with van der Waals surface area (Å²) in [7, 11) is 10.7. The van der Waals surface area contributed by atoms with Crippen molar-refractivity contribution in [2.24, 2.45) is 0 Å². The highest BCUT2D eigenvalue weighted by molar-refractivity contribution is 6.22. The van der Waals surface area contributed by atoms with E-state index in [9.17, 15) is 0 Å². The van der Waals surface area contributed by atoms with Gasteiger partial charge in [0.15, 0.2) is 6.29 Å². The summed E-state index contributed by atoms with van der Waals surface area (Å²) in [5, 5.41) is 0. The molecule has 0 fully saturated rings. The van der Waals surface area contributed by atoms with E-state index < -0.39 is 0 Å². The van der Waals surface area contributed by atoms with Crippen molar-refractivity contribution in [1.82, 2.24) is 0 Å². The maximum Gasteiger partial charge on any atom is 0.182 e. The molecule has 76 valence electrons. The Hall–Kier alpha value is -0.575. The van der Waals surface area contributed by atoms with Crippen molar-refractivity contribution in [3.63, 3.8) is 0 Å². The molecule has 1 unspecified atom stereocenters. The first kappa shape index (κ1) is 11.5. The maximum atomic E-state index is 5.81. The van der Waals surface area contributed by atoms with E-state index in [-0.39, 0.29) is 12.4 Å². The fourth-order valence-corrected chi connectivity index (χ4v) is 1.49. The topological polar surface area (TPSA) is 27.7 Å². The normalized spacial score (nSPS) is 22.1. The Morgan fingerprint density at radius 1 is 1.36 bits per heavy atom. The number of hydrogen-bond acceptors (Lipinski definition) is 3. The molecule has 0 saturated carbocycles. The lowest BCUT2D eigenvalue weighted by molar-refractivity contribution is -0.0731. The van der Waals surface area contributed by atoms with Gasteiger partial charge in [-0.1, -0.05) is 17.6 Å². The Kier molecular flexibility index (Phi) is 4.39. The number of hydrogen-bond donors (Lipinski definition) is 0.